The number of aliphatic hydroxyl groups excluding tert-OH is 2. The summed E-state index contributed by atoms with van der Waals surface area (Å²) in [5.74, 6) is 0.864. The van der Waals surface area contributed by atoms with Crippen molar-refractivity contribution in [3.63, 3.8) is 0 Å². The lowest BCUT2D eigenvalue weighted by molar-refractivity contribution is -0.0882. The number of rotatable bonds is 31. The van der Waals surface area contributed by atoms with Crippen molar-refractivity contribution >= 4 is 0 Å². The van der Waals surface area contributed by atoms with Crippen LogP contribution in [0.2, 0.25) is 0 Å². The molecule has 5 heteroatoms. The van der Waals surface area contributed by atoms with Gasteiger partial charge in [-0.05, 0) is 18.8 Å². The normalized spacial score (nSPS) is 13.5. The molecule has 0 amide bonds. The molecule has 0 saturated carbocycles. The third-order valence-corrected chi connectivity index (χ3v) is 7.05. The minimum Gasteiger partial charge on any atom is -0.394 e. The zero-order valence-electron chi connectivity index (χ0n) is 25.2. The Morgan fingerprint density at radius 3 is 1.35 bits per heavy atom. The van der Waals surface area contributed by atoms with Gasteiger partial charge in [-0.25, -0.2) is 0 Å². The standard InChI is InChI=1S/C32H66O5/c1-4-5-6-7-18-21-24-35-28-32(37-27-31(34)26-33)29-36-25-22-19-16-14-12-10-8-9-11-13-15-17-20-23-30(2)3/h30-34H,4-29H2,1-3H3. The number of hydrogen-bond donors (Lipinski definition) is 2. The van der Waals surface area contributed by atoms with Crippen LogP contribution in [0.1, 0.15) is 149 Å². The van der Waals surface area contributed by atoms with Gasteiger partial charge in [-0.1, -0.05) is 136 Å². The average Bonchev–Trinajstić information content (AvgIpc) is 2.89. The van der Waals surface area contributed by atoms with Crippen molar-refractivity contribution < 1.29 is 24.4 Å². The SMILES string of the molecule is CCCCCCCCOCC(COCCCCCCCCCCCCCCCC(C)C)OCC(O)CO. The van der Waals surface area contributed by atoms with Crippen LogP contribution in [0.3, 0.4) is 0 Å². The van der Waals surface area contributed by atoms with Crippen molar-refractivity contribution in [3.8, 4) is 0 Å². The van der Waals surface area contributed by atoms with E-state index >= 15 is 0 Å². The molecule has 0 saturated heterocycles. The van der Waals surface area contributed by atoms with Crippen LogP contribution in [0.4, 0.5) is 0 Å². The predicted molar refractivity (Wildman–Crippen MR) is 157 cm³/mol. The summed E-state index contributed by atoms with van der Waals surface area (Å²) in [6.07, 6.45) is 25.5. The minimum absolute atomic E-state index is 0.114. The summed E-state index contributed by atoms with van der Waals surface area (Å²) in [6, 6.07) is 0. The van der Waals surface area contributed by atoms with Crippen molar-refractivity contribution in [2.45, 2.75) is 161 Å². The van der Waals surface area contributed by atoms with Gasteiger partial charge in [-0.3, -0.25) is 0 Å². The first-order valence-corrected chi connectivity index (χ1v) is 16.2. The molecule has 2 unspecified atom stereocenters. The lowest BCUT2D eigenvalue weighted by Gasteiger charge is -2.20. The van der Waals surface area contributed by atoms with Gasteiger partial charge in [0.05, 0.1) is 26.4 Å². The van der Waals surface area contributed by atoms with Crippen LogP contribution in [0.15, 0.2) is 0 Å². The third kappa shape index (κ3) is 30.2. The van der Waals surface area contributed by atoms with Gasteiger partial charge in [-0.15, -0.1) is 0 Å². The van der Waals surface area contributed by atoms with Crippen LogP contribution in [-0.2, 0) is 14.2 Å². The zero-order valence-corrected chi connectivity index (χ0v) is 25.2. The van der Waals surface area contributed by atoms with Crippen LogP contribution >= 0.6 is 0 Å². The Morgan fingerprint density at radius 2 is 0.946 bits per heavy atom. The Labute approximate surface area is 231 Å². The largest absolute Gasteiger partial charge is 0.394 e. The summed E-state index contributed by atoms with van der Waals surface area (Å²) in [5.41, 5.74) is 0. The Kier molecular flexibility index (Phi) is 30.2. The van der Waals surface area contributed by atoms with E-state index in [4.69, 9.17) is 19.3 Å². The fourth-order valence-electron chi connectivity index (χ4n) is 4.56. The molecule has 0 rings (SSSR count). The van der Waals surface area contributed by atoms with Crippen molar-refractivity contribution in [2.24, 2.45) is 5.92 Å². The number of unbranched alkanes of at least 4 members (excludes halogenated alkanes) is 17. The van der Waals surface area contributed by atoms with Gasteiger partial charge >= 0.3 is 0 Å². The van der Waals surface area contributed by atoms with E-state index in [0.29, 0.717) is 13.2 Å². The summed E-state index contributed by atoms with van der Waals surface area (Å²) in [7, 11) is 0. The first kappa shape index (κ1) is 36.8. The van der Waals surface area contributed by atoms with Gasteiger partial charge in [0.1, 0.15) is 12.2 Å². The van der Waals surface area contributed by atoms with Crippen molar-refractivity contribution in [1.82, 2.24) is 0 Å². The predicted octanol–water partition coefficient (Wildman–Crippen LogP) is 8.24. The number of ether oxygens (including phenoxy) is 3. The Morgan fingerprint density at radius 1 is 0.541 bits per heavy atom. The van der Waals surface area contributed by atoms with Gasteiger partial charge < -0.3 is 24.4 Å². The van der Waals surface area contributed by atoms with E-state index in [2.05, 4.69) is 20.8 Å². The van der Waals surface area contributed by atoms with Crippen molar-refractivity contribution in [2.75, 3.05) is 39.6 Å². The molecule has 0 spiro atoms. The second-order valence-electron chi connectivity index (χ2n) is 11.5. The van der Waals surface area contributed by atoms with Gasteiger partial charge in [0.25, 0.3) is 0 Å². The van der Waals surface area contributed by atoms with E-state index in [-0.39, 0.29) is 19.3 Å². The quantitative estimate of drug-likeness (QED) is 0.0883. The highest BCUT2D eigenvalue weighted by Gasteiger charge is 2.13. The van der Waals surface area contributed by atoms with E-state index in [0.717, 1.165) is 32.0 Å². The summed E-state index contributed by atoms with van der Waals surface area (Å²) in [5, 5.41) is 18.6. The molecular formula is C32H66O5. The Bertz CT molecular complexity index is 418. The van der Waals surface area contributed by atoms with Crippen LogP contribution in [0.5, 0.6) is 0 Å². The highest BCUT2D eigenvalue weighted by atomic mass is 16.6. The zero-order chi connectivity index (χ0) is 27.2. The summed E-state index contributed by atoms with van der Waals surface area (Å²) in [6.45, 7) is 9.16. The van der Waals surface area contributed by atoms with E-state index in [1.54, 1.807) is 0 Å². The molecule has 0 aromatic carbocycles. The fourth-order valence-corrected chi connectivity index (χ4v) is 4.56. The van der Waals surface area contributed by atoms with Gasteiger partial charge in [0.15, 0.2) is 0 Å². The second kappa shape index (κ2) is 30.3. The first-order chi connectivity index (χ1) is 18.1. The van der Waals surface area contributed by atoms with Crippen molar-refractivity contribution in [1.29, 1.82) is 0 Å². The molecule has 37 heavy (non-hydrogen) atoms. The lowest BCUT2D eigenvalue weighted by atomic mass is 10.0. The highest BCUT2D eigenvalue weighted by Crippen LogP contribution is 2.14. The van der Waals surface area contributed by atoms with E-state index in [1.165, 1.54) is 116 Å². The Hall–Kier alpha value is -0.200. The summed E-state index contributed by atoms with van der Waals surface area (Å²) < 4.78 is 17.4. The molecule has 0 aliphatic carbocycles. The van der Waals surface area contributed by atoms with Crippen LogP contribution in [0, 0.1) is 5.92 Å². The molecule has 5 nitrogen and oxygen atoms in total. The van der Waals surface area contributed by atoms with Gasteiger partial charge in [0.2, 0.25) is 0 Å². The summed E-state index contributed by atoms with van der Waals surface area (Å²) >= 11 is 0. The molecule has 2 N–H and O–H groups in total. The fraction of sp³-hybridized carbons (Fsp3) is 1.00. The molecule has 224 valence electrons. The monoisotopic (exact) mass is 530 g/mol. The van der Waals surface area contributed by atoms with E-state index < -0.39 is 6.10 Å². The molecule has 0 fully saturated rings. The molecule has 2 atom stereocenters. The molecule has 0 heterocycles. The molecule has 0 aliphatic rings. The molecular weight excluding hydrogens is 464 g/mol. The lowest BCUT2D eigenvalue weighted by Crippen LogP contribution is -2.31. The minimum atomic E-state index is -0.847. The van der Waals surface area contributed by atoms with Gasteiger partial charge in [0, 0.05) is 13.2 Å². The average molecular weight is 531 g/mol. The van der Waals surface area contributed by atoms with Crippen molar-refractivity contribution in [3.05, 3.63) is 0 Å². The molecule has 0 aromatic rings. The maximum Gasteiger partial charge on any atom is 0.104 e. The smallest absolute Gasteiger partial charge is 0.104 e. The van der Waals surface area contributed by atoms with Crippen LogP contribution in [-0.4, -0.2) is 62.1 Å². The Balaban J connectivity index is 3.59. The second-order valence-corrected chi connectivity index (χ2v) is 11.5. The first-order valence-electron chi connectivity index (χ1n) is 16.2. The number of aliphatic hydroxyl groups is 2. The molecule has 0 radical (unpaired) electrons. The third-order valence-electron chi connectivity index (χ3n) is 7.05. The van der Waals surface area contributed by atoms with E-state index in [9.17, 15) is 5.11 Å². The van der Waals surface area contributed by atoms with Crippen LogP contribution in [0.25, 0.3) is 0 Å². The molecule has 0 aliphatic heterocycles. The highest BCUT2D eigenvalue weighted by molar-refractivity contribution is 4.59. The van der Waals surface area contributed by atoms with Gasteiger partial charge in [-0.2, -0.15) is 0 Å². The van der Waals surface area contributed by atoms with Crippen LogP contribution < -0.4 is 0 Å². The number of hydrogen-bond acceptors (Lipinski definition) is 5. The topological polar surface area (TPSA) is 68.2 Å². The summed E-state index contributed by atoms with van der Waals surface area (Å²) in [4.78, 5) is 0. The maximum absolute atomic E-state index is 9.59. The molecule has 0 aromatic heterocycles. The molecule has 0 bridgehead atoms. The van der Waals surface area contributed by atoms with E-state index in [1.807, 2.05) is 0 Å². The maximum atomic E-state index is 9.59.